The molecule has 0 amide bonds. The topological polar surface area (TPSA) is 30.7 Å². The monoisotopic (exact) mass is 289 g/mol. The van der Waals surface area contributed by atoms with Crippen molar-refractivity contribution in [3.05, 3.63) is 53.2 Å². The lowest BCUT2D eigenvalue weighted by Crippen LogP contribution is -2.01. The SMILES string of the molecule is Cc1cnc2c(c1)nc(CCl)n2-c1ccc(C)c(F)c1. The van der Waals surface area contributed by atoms with Gasteiger partial charge in [-0.15, -0.1) is 11.6 Å². The Bertz CT molecular complexity index is 795. The second-order valence-electron chi connectivity index (χ2n) is 4.79. The third-order valence-corrected chi connectivity index (χ3v) is 3.48. The van der Waals surface area contributed by atoms with Crippen LogP contribution in [0.2, 0.25) is 0 Å². The van der Waals surface area contributed by atoms with Crippen molar-refractivity contribution in [1.29, 1.82) is 0 Å². The molecule has 0 saturated heterocycles. The van der Waals surface area contributed by atoms with E-state index in [1.165, 1.54) is 6.07 Å². The van der Waals surface area contributed by atoms with E-state index in [-0.39, 0.29) is 11.7 Å². The highest BCUT2D eigenvalue weighted by Gasteiger charge is 2.14. The molecule has 3 rings (SSSR count). The first-order valence-electron chi connectivity index (χ1n) is 6.26. The summed E-state index contributed by atoms with van der Waals surface area (Å²) < 4.78 is 15.6. The van der Waals surface area contributed by atoms with E-state index >= 15 is 0 Å². The summed E-state index contributed by atoms with van der Waals surface area (Å²) in [6, 6.07) is 7.01. The Labute approximate surface area is 121 Å². The van der Waals surface area contributed by atoms with E-state index in [1.54, 1.807) is 23.8 Å². The van der Waals surface area contributed by atoms with Gasteiger partial charge in [-0.05, 0) is 43.2 Å². The minimum Gasteiger partial charge on any atom is -0.280 e. The molecule has 2 aromatic heterocycles. The van der Waals surface area contributed by atoms with E-state index in [2.05, 4.69) is 9.97 Å². The Hall–Kier alpha value is -1.94. The number of benzene rings is 1. The summed E-state index contributed by atoms with van der Waals surface area (Å²) in [4.78, 5) is 8.86. The molecule has 0 saturated carbocycles. The van der Waals surface area contributed by atoms with Gasteiger partial charge in [0.2, 0.25) is 0 Å². The summed E-state index contributed by atoms with van der Waals surface area (Å²) in [5.41, 5.74) is 3.77. The lowest BCUT2D eigenvalue weighted by atomic mass is 10.2. The fraction of sp³-hybridized carbons (Fsp3) is 0.200. The van der Waals surface area contributed by atoms with Crippen LogP contribution in [0.15, 0.2) is 30.5 Å². The minimum absolute atomic E-state index is 0.241. The molecular weight excluding hydrogens is 277 g/mol. The normalized spacial score (nSPS) is 11.2. The zero-order valence-corrected chi connectivity index (χ0v) is 11.9. The summed E-state index contributed by atoms with van der Waals surface area (Å²) >= 11 is 5.96. The first kappa shape index (κ1) is 13.1. The molecule has 3 nitrogen and oxygen atoms in total. The molecule has 0 unspecified atom stereocenters. The highest BCUT2D eigenvalue weighted by molar-refractivity contribution is 6.16. The number of halogens is 2. The number of rotatable bonds is 2. The number of aryl methyl sites for hydroxylation is 2. The number of nitrogens with zero attached hydrogens (tertiary/aromatic N) is 3. The van der Waals surface area contributed by atoms with Gasteiger partial charge in [-0.3, -0.25) is 4.57 Å². The Kier molecular flexibility index (Phi) is 3.18. The molecule has 2 heterocycles. The first-order valence-corrected chi connectivity index (χ1v) is 6.80. The second-order valence-corrected chi connectivity index (χ2v) is 5.05. The number of alkyl halides is 1. The average Bonchev–Trinajstić information content (AvgIpc) is 2.79. The molecule has 0 aliphatic rings. The quantitative estimate of drug-likeness (QED) is 0.670. The number of hydrogen-bond donors (Lipinski definition) is 0. The zero-order chi connectivity index (χ0) is 14.3. The summed E-state index contributed by atoms with van der Waals surface area (Å²) in [6.45, 7) is 3.69. The van der Waals surface area contributed by atoms with Crippen LogP contribution in [0.25, 0.3) is 16.9 Å². The lowest BCUT2D eigenvalue weighted by Gasteiger charge is -2.08. The fourth-order valence-electron chi connectivity index (χ4n) is 2.19. The van der Waals surface area contributed by atoms with Crippen molar-refractivity contribution in [1.82, 2.24) is 14.5 Å². The summed E-state index contributed by atoms with van der Waals surface area (Å²) in [7, 11) is 0. The van der Waals surface area contributed by atoms with Crippen molar-refractivity contribution in [3.8, 4) is 5.69 Å². The van der Waals surface area contributed by atoms with Crippen LogP contribution in [0.3, 0.4) is 0 Å². The van der Waals surface area contributed by atoms with Crippen molar-refractivity contribution in [2.24, 2.45) is 0 Å². The predicted molar refractivity (Wildman–Crippen MR) is 77.9 cm³/mol. The van der Waals surface area contributed by atoms with Crippen LogP contribution in [0.1, 0.15) is 17.0 Å². The number of pyridine rings is 1. The van der Waals surface area contributed by atoms with Crippen LogP contribution < -0.4 is 0 Å². The zero-order valence-electron chi connectivity index (χ0n) is 11.2. The second kappa shape index (κ2) is 4.87. The van der Waals surface area contributed by atoms with Crippen molar-refractivity contribution >= 4 is 22.8 Å². The Balaban J connectivity index is 2.30. The van der Waals surface area contributed by atoms with Gasteiger partial charge in [0.15, 0.2) is 5.65 Å². The molecule has 0 aliphatic heterocycles. The molecule has 0 bridgehead atoms. The third kappa shape index (κ3) is 2.06. The predicted octanol–water partition coefficient (Wildman–Crippen LogP) is 3.92. The minimum atomic E-state index is -0.253. The molecule has 0 atom stereocenters. The maximum absolute atomic E-state index is 13.8. The van der Waals surface area contributed by atoms with Crippen LogP contribution in [-0.4, -0.2) is 14.5 Å². The van der Waals surface area contributed by atoms with E-state index in [0.717, 1.165) is 11.1 Å². The summed E-state index contributed by atoms with van der Waals surface area (Å²) in [5, 5.41) is 0. The van der Waals surface area contributed by atoms with E-state index in [1.807, 2.05) is 19.1 Å². The molecule has 3 aromatic rings. The Morgan fingerprint density at radius 3 is 2.75 bits per heavy atom. The van der Waals surface area contributed by atoms with Gasteiger partial charge >= 0.3 is 0 Å². The van der Waals surface area contributed by atoms with Gasteiger partial charge in [0.1, 0.15) is 17.2 Å². The largest absolute Gasteiger partial charge is 0.280 e. The molecule has 20 heavy (non-hydrogen) atoms. The van der Waals surface area contributed by atoms with Crippen LogP contribution in [0, 0.1) is 19.7 Å². The molecule has 0 aliphatic carbocycles. The van der Waals surface area contributed by atoms with Crippen molar-refractivity contribution in [2.45, 2.75) is 19.7 Å². The molecule has 0 N–H and O–H groups in total. The first-order chi connectivity index (χ1) is 9.60. The van der Waals surface area contributed by atoms with Crippen LogP contribution in [-0.2, 0) is 5.88 Å². The van der Waals surface area contributed by atoms with Gasteiger partial charge in [0, 0.05) is 6.20 Å². The van der Waals surface area contributed by atoms with Crippen molar-refractivity contribution in [3.63, 3.8) is 0 Å². The van der Waals surface area contributed by atoms with E-state index in [4.69, 9.17) is 11.6 Å². The van der Waals surface area contributed by atoms with E-state index in [9.17, 15) is 4.39 Å². The summed E-state index contributed by atoms with van der Waals surface area (Å²) in [5.74, 6) is 0.644. The van der Waals surface area contributed by atoms with Gasteiger partial charge < -0.3 is 0 Å². The number of hydrogen-bond acceptors (Lipinski definition) is 2. The standard InChI is InChI=1S/C15H13ClFN3/c1-9-5-13-15(18-8-9)20(14(7-16)19-13)11-4-3-10(2)12(17)6-11/h3-6,8H,7H2,1-2H3. The molecule has 102 valence electrons. The molecule has 1 aromatic carbocycles. The molecule has 0 fully saturated rings. The molecular formula is C15H13ClFN3. The average molecular weight is 290 g/mol. The van der Waals surface area contributed by atoms with Gasteiger partial charge in [0.25, 0.3) is 0 Å². The van der Waals surface area contributed by atoms with Gasteiger partial charge in [-0.1, -0.05) is 6.07 Å². The maximum Gasteiger partial charge on any atom is 0.164 e. The molecule has 5 heteroatoms. The van der Waals surface area contributed by atoms with Crippen molar-refractivity contribution < 1.29 is 4.39 Å². The molecule has 0 radical (unpaired) electrons. The van der Waals surface area contributed by atoms with E-state index in [0.29, 0.717) is 22.7 Å². The highest BCUT2D eigenvalue weighted by Crippen LogP contribution is 2.23. The van der Waals surface area contributed by atoms with Crippen LogP contribution in [0.5, 0.6) is 0 Å². The third-order valence-electron chi connectivity index (χ3n) is 3.24. The van der Waals surface area contributed by atoms with Gasteiger partial charge in [0.05, 0.1) is 11.6 Å². The lowest BCUT2D eigenvalue weighted by molar-refractivity contribution is 0.617. The smallest absolute Gasteiger partial charge is 0.164 e. The summed E-state index contributed by atoms with van der Waals surface area (Å²) in [6.07, 6.45) is 1.77. The number of fused-ring (bicyclic) bond motifs is 1. The maximum atomic E-state index is 13.8. The number of imidazole rings is 1. The van der Waals surface area contributed by atoms with Gasteiger partial charge in [-0.2, -0.15) is 0 Å². The van der Waals surface area contributed by atoms with Crippen LogP contribution in [0.4, 0.5) is 4.39 Å². The van der Waals surface area contributed by atoms with Crippen LogP contribution >= 0.6 is 11.6 Å². The molecule has 0 spiro atoms. The fourth-order valence-corrected chi connectivity index (χ4v) is 2.37. The van der Waals surface area contributed by atoms with E-state index < -0.39 is 0 Å². The Morgan fingerprint density at radius 1 is 1.25 bits per heavy atom. The van der Waals surface area contributed by atoms with Crippen molar-refractivity contribution in [2.75, 3.05) is 0 Å². The Morgan fingerprint density at radius 2 is 2.05 bits per heavy atom. The number of aromatic nitrogens is 3. The highest BCUT2D eigenvalue weighted by atomic mass is 35.5. The van der Waals surface area contributed by atoms with Gasteiger partial charge in [-0.25, -0.2) is 14.4 Å².